The molecule has 1 saturated carbocycles. The van der Waals surface area contributed by atoms with E-state index in [0.29, 0.717) is 34.5 Å². The Labute approximate surface area is 225 Å². The molecule has 2 bridgehead atoms. The molecule has 3 aromatic heterocycles. The maximum atomic E-state index is 15.1. The summed E-state index contributed by atoms with van der Waals surface area (Å²) in [6.45, 7) is 6.46. The van der Waals surface area contributed by atoms with E-state index in [2.05, 4.69) is 52.6 Å². The molecule has 0 amide bonds. The molecule has 1 aliphatic carbocycles. The summed E-state index contributed by atoms with van der Waals surface area (Å²) in [7, 11) is 0. The lowest BCUT2D eigenvalue weighted by atomic mass is 9.87. The van der Waals surface area contributed by atoms with Crippen molar-refractivity contribution in [3.05, 3.63) is 59.7 Å². The molecule has 1 aromatic carbocycles. The lowest BCUT2D eigenvalue weighted by molar-refractivity contribution is -0.0680. The summed E-state index contributed by atoms with van der Waals surface area (Å²) >= 11 is 0. The summed E-state index contributed by atoms with van der Waals surface area (Å²) < 4.78 is 32.2. The van der Waals surface area contributed by atoms with Crippen molar-refractivity contribution >= 4 is 22.8 Å². The van der Waals surface area contributed by atoms with Crippen LogP contribution in [0.3, 0.4) is 0 Å². The zero-order valence-electron chi connectivity index (χ0n) is 21.9. The van der Waals surface area contributed by atoms with Crippen molar-refractivity contribution in [2.24, 2.45) is 0 Å². The van der Waals surface area contributed by atoms with Gasteiger partial charge in [-0.2, -0.15) is 0 Å². The van der Waals surface area contributed by atoms with Gasteiger partial charge in [0, 0.05) is 55.4 Å². The van der Waals surface area contributed by atoms with Crippen LogP contribution in [0.2, 0.25) is 0 Å². The predicted molar refractivity (Wildman–Crippen MR) is 144 cm³/mol. The number of fused-ring (bicyclic) bond motifs is 6. The van der Waals surface area contributed by atoms with E-state index in [1.807, 2.05) is 18.3 Å². The Morgan fingerprint density at radius 1 is 1.00 bits per heavy atom. The van der Waals surface area contributed by atoms with E-state index >= 15 is 4.39 Å². The summed E-state index contributed by atoms with van der Waals surface area (Å²) in [5.41, 5.74) is 2.70. The third-order valence-corrected chi connectivity index (χ3v) is 9.17. The number of pyridine rings is 1. The van der Waals surface area contributed by atoms with Crippen molar-refractivity contribution < 1.29 is 8.78 Å². The van der Waals surface area contributed by atoms with Crippen LogP contribution in [0.25, 0.3) is 22.3 Å². The Bertz CT molecular complexity index is 1580. The fourth-order valence-corrected chi connectivity index (χ4v) is 7.11. The van der Waals surface area contributed by atoms with Gasteiger partial charge in [-0.1, -0.05) is 13.0 Å². The number of hydrogen-bond donors (Lipinski definition) is 1. The standard InChI is InChI=1S/C29H30F2N8/c1-2-38-19-11-20(38)16-37(15-19)14-17-3-4-24(32-12-17)34-28-33-13-22(31)26(36-28)18-9-21(30)27-23(10-18)39-25(35-27)5-6-29(39)7-8-29/h3-4,9-10,12-13,19-20H,2,5-8,11,14-16H2,1H3,(H,32,33,34,36). The van der Waals surface area contributed by atoms with Gasteiger partial charge in [-0.3, -0.25) is 9.80 Å². The van der Waals surface area contributed by atoms with Gasteiger partial charge in [-0.25, -0.2) is 28.7 Å². The first-order valence-electron chi connectivity index (χ1n) is 13.9. The van der Waals surface area contributed by atoms with Gasteiger partial charge in [0.05, 0.1) is 11.7 Å². The van der Waals surface area contributed by atoms with Crippen LogP contribution in [0.15, 0.2) is 36.7 Å². The molecule has 1 N–H and O–H groups in total. The zero-order chi connectivity index (χ0) is 26.3. The molecule has 39 heavy (non-hydrogen) atoms. The van der Waals surface area contributed by atoms with Crippen LogP contribution in [-0.4, -0.2) is 66.0 Å². The predicted octanol–water partition coefficient (Wildman–Crippen LogP) is 4.62. The highest BCUT2D eigenvalue weighted by Gasteiger charge is 2.50. The lowest BCUT2D eigenvalue weighted by Crippen LogP contribution is -2.68. The van der Waals surface area contributed by atoms with E-state index in [0.717, 1.165) is 69.4 Å². The van der Waals surface area contributed by atoms with Crippen LogP contribution >= 0.6 is 0 Å². The number of piperidine rings is 1. The maximum Gasteiger partial charge on any atom is 0.229 e. The number of nitrogens with one attached hydrogen (secondary N) is 1. The number of piperazine rings is 1. The van der Waals surface area contributed by atoms with Crippen LogP contribution in [-0.2, 0) is 18.5 Å². The van der Waals surface area contributed by atoms with Gasteiger partial charge in [-0.05, 0) is 56.0 Å². The topological polar surface area (TPSA) is 75.0 Å². The highest BCUT2D eigenvalue weighted by molar-refractivity contribution is 5.83. The van der Waals surface area contributed by atoms with E-state index in [-0.39, 0.29) is 17.2 Å². The van der Waals surface area contributed by atoms with Crippen LogP contribution in [0.4, 0.5) is 20.5 Å². The average molecular weight is 529 g/mol. The smallest absolute Gasteiger partial charge is 0.229 e. The van der Waals surface area contributed by atoms with Crippen molar-refractivity contribution in [1.29, 1.82) is 0 Å². The van der Waals surface area contributed by atoms with Crippen LogP contribution in [0, 0.1) is 11.6 Å². The Morgan fingerprint density at radius 2 is 1.85 bits per heavy atom. The molecule has 7 heterocycles. The number of nitrogens with zero attached hydrogens (tertiary/aromatic N) is 7. The molecule has 4 aromatic rings. The molecule has 10 heteroatoms. The van der Waals surface area contributed by atoms with E-state index in [4.69, 9.17) is 0 Å². The van der Waals surface area contributed by atoms with Crippen molar-refractivity contribution in [3.63, 3.8) is 0 Å². The van der Waals surface area contributed by atoms with Gasteiger partial charge in [-0.15, -0.1) is 0 Å². The number of benzene rings is 1. The number of anilines is 2. The molecule has 2 atom stereocenters. The van der Waals surface area contributed by atoms with Gasteiger partial charge in [0.25, 0.3) is 0 Å². The Hall–Kier alpha value is -3.50. The lowest BCUT2D eigenvalue weighted by Gasteiger charge is -2.56. The van der Waals surface area contributed by atoms with E-state index in [1.165, 1.54) is 12.5 Å². The maximum absolute atomic E-state index is 15.1. The molecule has 3 saturated heterocycles. The van der Waals surface area contributed by atoms with Gasteiger partial charge < -0.3 is 9.88 Å². The van der Waals surface area contributed by atoms with Crippen molar-refractivity contribution in [3.8, 4) is 11.3 Å². The Balaban J connectivity index is 1.02. The summed E-state index contributed by atoms with van der Waals surface area (Å²) in [6, 6.07) is 8.44. The number of aromatic nitrogens is 5. The van der Waals surface area contributed by atoms with Gasteiger partial charge in [0.15, 0.2) is 11.6 Å². The van der Waals surface area contributed by atoms with Crippen molar-refractivity contribution in [1.82, 2.24) is 34.3 Å². The first-order valence-corrected chi connectivity index (χ1v) is 13.9. The van der Waals surface area contributed by atoms with Crippen LogP contribution in [0.5, 0.6) is 0 Å². The highest BCUT2D eigenvalue weighted by atomic mass is 19.1. The average Bonchev–Trinajstić information content (AvgIpc) is 3.49. The number of likely N-dealkylation sites (N-methyl/N-ethyl adjacent to an activating group) is 1. The SMILES string of the molecule is CCN1C2CC1CN(Cc1ccc(Nc3ncc(F)c(-c4cc(F)c5nc6n(c5c4)C4(CC6)CC4)n3)nc1)C2. The second-order valence-corrected chi connectivity index (χ2v) is 11.5. The Morgan fingerprint density at radius 3 is 2.59 bits per heavy atom. The molecule has 4 fully saturated rings. The van der Waals surface area contributed by atoms with Crippen LogP contribution < -0.4 is 5.32 Å². The third-order valence-electron chi connectivity index (χ3n) is 9.17. The minimum atomic E-state index is -0.605. The molecule has 200 valence electrons. The molecule has 0 radical (unpaired) electrons. The van der Waals surface area contributed by atoms with Crippen LogP contribution in [0.1, 0.15) is 44.0 Å². The van der Waals surface area contributed by atoms with Gasteiger partial charge in [0.2, 0.25) is 5.95 Å². The second-order valence-electron chi connectivity index (χ2n) is 11.5. The monoisotopic (exact) mass is 528 g/mol. The summed E-state index contributed by atoms with van der Waals surface area (Å²) in [5, 5.41) is 3.08. The second kappa shape index (κ2) is 8.50. The highest BCUT2D eigenvalue weighted by Crippen LogP contribution is 2.53. The van der Waals surface area contributed by atoms with E-state index in [1.54, 1.807) is 0 Å². The first-order chi connectivity index (χ1) is 19.0. The molecule has 5 aliphatic rings. The number of aryl methyl sites for hydroxylation is 1. The number of imidazole rings is 1. The first kappa shape index (κ1) is 23.4. The molecular formula is C29H30F2N8. The molecular weight excluding hydrogens is 498 g/mol. The minimum Gasteiger partial charge on any atom is -0.322 e. The molecule has 9 rings (SSSR count). The Kier molecular flexibility index (Phi) is 5.10. The number of hydrogen-bond acceptors (Lipinski definition) is 7. The minimum absolute atomic E-state index is 0.0492. The molecule has 4 aliphatic heterocycles. The largest absolute Gasteiger partial charge is 0.322 e. The third kappa shape index (κ3) is 3.76. The van der Waals surface area contributed by atoms with Crippen molar-refractivity contribution in [2.75, 3.05) is 25.0 Å². The van der Waals surface area contributed by atoms with E-state index < -0.39 is 11.6 Å². The number of rotatable bonds is 6. The number of halogens is 2. The van der Waals surface area contributed by atoms with Gasteiger partial charge in [0.1, 0.15) is 22.9 Å². The molecule has 2 unspecified atom stereocenters. The zero-order valence-corrected chi connectivity index (χ0v) is 21.9. The molecule has 1 spiro atoms. The van der Waals surface area contributed by atoms with E-state index in [9.17, 15) is 4.39 Å². The van der Waals surface area contributed by atoms with Crippen molar-refractivity contribution in [2.45, 2.75) is 63.2 Å². The summed E-state index contributed by atoms with van der Waals surface area (Å²) in [4.78, 5) is 22.7. The fraction of sp³-hybridized carbons (Fsp3) is 0.448. The normalized spacial score (nSPS) is 23.3. The summed E-state index contributed by atoms with van der Waals surface area (Å²) in [6.07, 6.45) is 8.34. The fourth-order valence-electron chi connectivity index (χ4n) is 7.11. The summed E-state index contributed by atoms with van der Waals surface area (Å²) in [5.74, 6) is 0.629. The molecule has 8 nitrogen and oxygen atoms in total. The quantitative estimate of drug-likeness (QED) is 0.391. The van der Waals surface area contributed by atoms with Gasteiger partial charge >= 0.3 is 0 Å².